The lowest BCUT2D eigenvalue weighted by Gasteiger charge is -2.24. The van der Waals surface area contributed by atoms with Gasteiger partial charge in [0.15, 0.2) is 6.10 Å². The number of likely N-dealkylation sites (N-methyl/N-ethyl adjacent to an activating group) is 1. The van der Waals surface area contributed by atoms with E-state index in [2.05, 4.69) is 6.92 Å². The molecule has 11 nitrogen and oxygen atoms in total. The number of carbonyl (C=O) groups excluding carboxylic acids is 2. The van der Waals surface area contributed by atoms with Gasteiger partial charge in [0, 0.05) is 19.3 Å². The molecule has 0 aromatic heterocycles. The van der Waals surface area contributed by atoms with Crippen molar-refractivity contribution in [3.8, 4) is 0 Å². The van der Waals surface area contributed by atoms with Gasteiger partial charge >= 0.3 is 25.7 Å². The zero-order valence-electron chi connectivity index (χ0n) is 30.9. The fourth-order valence-corrected chi connectivity index (χ4v) is 5.90. The summed E-state index contributed by atoms with van der Waals surface area (Å²) < 4.78 is 34.0. The molecule has 2 N–H and O–H groups in total. The monoisotopic (exact) mass is 708 g/mol. The number of carboxylic acid groups (broad SMARTS) is 1. The molecule has 12 heteroatoms. The maximum Gasteiger partial charge on any atom is 0.472 e. The summed E-state index contributed by atoms with van der Waals surface area (Å²) in [5.41, 5.74) is 0. The second-order valence-corrected chi connectivity index (χ2v) is 15.6. The van der Waals surface area contributed by atoms with Gasteiger partial charge in [-0.2, -0.15) is 0 Å². The number of esters is 2. The number of aliphatic carboxylic acids is 1. The van der Waals surface area contributed by atoms with Gasteiger partial charge in [-0.3, -0.25) is 23.4 Å². The molecule has 0 heterocycles. The SMILES string of the molecule is CCCCCCCCCCCCCC(=O)OC[C@H](COP(=O)(O)OCC[N+](C)(C)C)OC(=O)CCCCCCCCCCCCC(=O)O. The largest absolute Gasteiger partial charge is 0.481 e. The van der Waals surface area contributed by atoms with Crippen LogP contribution in [0, 0.1) is 0 Å². The van der Waals surface area contributed by atoms with Crippen LogP contribution in [0.4, 0.5) is 0 Å². The Morgan fingerprint density at radius 3 is 1.46 bits per heavy atom. The molecule has 1 unspecified atom stereocenters. The van der Waals surface area contributed by atoms with E-state index < -0.39 is 38.4 Å². The number of ether oxygens (including phenoxy) is 2. The van der Waals surface area contributed by atoms with Crippen molar-refractivity contribution in [1.82, 2.24) is 0 Å². The van der Waals surface area contributed by atoms with E-state index in [-0.39, 0.29) is 32.5 Å². The number of carbonyl (C=O) groups is 3. The Morgan fingerprint density at radius 1 is 0.604 bits per heavy atom. The van der Waals surface area contributed by atoms with Crippen LogP contribution in [0.2, 0.25) is 0 Å². The first-order valence-electron chi connectivity index (χ1n) is 18.8. The highest BCUT2D eigenvalue weighted by atomic mass is 31.2. The highest BCUT2D eigenvalue weighted by Gasteiger charge is 2.27. The molecule has 2 atom stereocenters. The Hall–Kier alpha value is -1.52. The van der Waals surface area contributed by atoms with E-state index in [9.17, 15) is 23.8 Å². The number of phosphoric ester groups is 1. The van der Waals surface area contributed by atoms with Crippen LogP contribution in [0.25, 0.3) is 0 Å². The molecule has 0 saturated heterocycles. The molecular formula is C36H71NO10P+. The Balaban J connectivity index is 4.42. The van der Waals surface area contributed by atoms with E-state index in [1.54, 1.807) is 0 Å². The van der Waals surface area contributed by atoms with Crippen LogP contribution >= 0.6 is 7.82 Å². The molecule has 0 aliphatic heterocycles. The van der Waals surface area contributed by atoms with Crippen molar-refractivity contribution >= 4 is 25.7 Å². The molecule has 0 bridgehead atoms. The van der Waals surface area contributed by atoms with Gasteiger partial charge in [-0.25, -0.2) is 4.57 Å². The summed E-state index contributed by atoms with van der Waals surface area (Å²) in [5.74, 6) is -1.59. The maximum absolute atomic E-state index is 12.6. The summed E-state index contributed by atoms with van der Waals surface area (Å²) in [6.07, 6.45) is 22.4. The fraction of sp³-hybridized carbons (Fsp3) is 0.917. The Kier molecular flexibility index (Phi) is 29.4. The molecule has 0 aromatic rings. The van der Waals surface area contributed by atoms with Crippen molar-refractivity contribution < 1.29 is 52.0 Å². The second kappa shape index (κ2) is 30.3. The molecule has 0 aromatic carbocycles. The van der Waals surface area contributed by atoms with Gasteiger partial charge in [-0.15, -0.1) is 0 Å². The zero-order valence-corrected chi connectivity index (χ0v) is 31.8. The summed E-state index contributed by atoms with van der Waals surface area (Å²) in [7, 11) is 1.42. The number of quaternary nitrogens is 1. The number of phosphoric acid groups is 1. The van der Waals surface area contributed by atoms with Crippen molar-refractivity contribution in [2.45, 2.75) is 167 Å². The Bertz CT molecular complexity index is 864. The summed E-state index contributed by atoms with van der Waals surface area (Å²) in [6, 6.07) is 0. The first-order chi connectivity index (χ1) is 22.8. The van der Waals surface area contributed by atoms with Crippen LogP contribution in [0.3, 0.4) is 0 Å². The first kappa shape index (κ1) is 46.5. The minimum absolute atomic E-state index is 0.0163. The first-order valence-corrected chi connectivity index (χ1v) is 20.3. The number of hydrogen-bond donors (Lipinski definition) is 2. The van der Waals surface area contributed by atoms with Crippen LogP contribution < -0.4 is 0 Å². The minimum atomic E-state index is -4.38. The average molecular weight is 709 g/mol. The summed E-state index contributed by atoms with van der Waals surface area (Å²) >= 11 is 0. The normalized spacial score (nSPS) is 13.6. The summed E-state index contributed by atoms with van der Waals surface area (Å²) in [6.45, 7) is 2.06. The van der Waals surface area contributed by atoms with Crippen molar-refractivity contribution in [2.24, 2.45) is 0 Å². The van der Waals surface area contributed by atoms with Gasteiger partial charge in [-0.1, -0.05) is 122 Å². The third kappa shape index (κ3) is 34.3. The molecule has 0 aliphatic rings. The van der Waals surface area contributed by atoms with E-state index in [1.807, 2.05) is 21.1 Å². The zero-order chi connectivity index (χ0) is 35.9. The van der Waals surface area contributed by atoms with E-state index in [0.717, 1.165) is 77.0 Å². The van der Waals surface area contributed by atoms with Crippen LogP contribution in [-0.2, 0) is 37.5 Å². The molecule has 0 rings (SSSR count). The molecule has 0 radical (unpaired) electrons. The third-order valence-electron chi connectivity index (χ3n) is 8.17. The van der Waals surface area contributed by atoms with Crippen LogP contribution in [0.5, 0.6) is 0 Å². The van der Waals surface area contributed by atoms with E-state index in [1.165, 1.54) is 51.4 Å². The van der Waals surface area contributed by atoms with Gasteiger partial charge in [0.2, 0.25) is 0 Å². The van der Waals surface area contributed by atoms with Crippen molar-refractivity contribution in [3.63, 3.8) is 0 Å². The standard InChI is InChI=1S/C36H70NO10P/c1-5-6-7-8-9-10-11-15-18-21-24-27-35(40)44-31-33(32-46-48(42,43)45-30-29-37(2,3)4)47-36(41)28-25-22-19-16-13-12-14-17-20-23-26-34(38)39/h33H,5-32H2,1-4H3,(H-,38,39,42,43)/p+1/t33-/m1/s1. The van der Waals surface area contributed by atoms with Crippen LogP contribution in [0.15, 0.2) is 0 Å². The molecular weight excluding hydrogens is 637 g/mol. The number of carboxylic acids is 1. The highest BCUT2D eigenvalue weighted by molar-refractivity contribution is 7.47. The third-order valence-corrected chi connectivity index (χ3v) is 9.16. The van der Waals surface area contributed by atoms with Crippen LogP contribution in [0.1, 0.15) is 161 Å². The lowest BCUT2D eigenvalue weighted by molar-refractivity contribution is -0.870. The predicted molar refractivity (Wildman–Crippen MR) is 190 cm³/mol. The van der Waals surface area contributed by atoms with Crippen molar-refractivity contribution in [3.05, 3.63) is 0 Å². The van der Waals surface area contributed by atoms with Gasteiger partial charge in [0.25, 0.3) is 0 Å². The van der Waals surface area contributed by atoms with Gasteiger partial charge < -0.3 is 24.0 Å². The van der Waals surface area contributed by atoms with Crippen molar-refractivity contribution in [2.75, 3.05) is 47.5 Å². The second-order valence-electron chi connectivity index (χ2n) is 14.1. The van der Waals surface area contributed by atoms with Gasteiger partial charge in [-0.05, 0) is 19.3 Å². The minimum Gasteiger partial charge on any atom is -0.481 e. The Labute approximate surface area is 292 Å². The number of nitrogens with zero attached hydrogens (tertiary/aromatic N) is 1. The van der Waals surface area contributed by atoms with E-state index in [4.69, 9.17) is 23.6 Å². The summed E-state index contributed by atoms with van der Waals surface area (Å²) in [4.78, 5) is 45.6. The number of hydrogen-bond acceptors (Lipinski definition) is 8. The topological polar surface area (TPSA) is 146 Å². The maximum atomic E-state index is 12.6. The highest BCUT2D eigenvalue weighted by Crippen LogP contribution is 2.43. The van der Waals surface area contributed by atoms with Crippen LogP contribution in [-0.4, -0.2) is 86.0 Å². The average Bonchev–Trinajstić information content (AvgIpc) is 3.00. The molecule has 0 saturated carbocycles. The summed E-state index contributed by atoms with van der Waals surface area (Å²) in [5, 5.41) is 8.68. The van der Waals surface area contributed by atoms with Gasteiger partial charge in [0.05, 0.1) is 27.7 Å². The predicted octanol–water partition coefficient (Wildman–Crippen LogP) is 8.75. The molecule has 48 heavy (non-hydrogen) atoms. The molecule has 284 valence electrons. The molecule has 0 aliphatic carbocycles. The number of unbranched alkanes of at least 4 members (excludes halogenated alkanes) is 19. The van der Waals surface area contributed by atoms with Gasteiger partial charge in [0.1, 0.15) is 19.8 Å². The quantitative estimate of drug-likeness (QED) is 0.0284. The van der Waals surface area contributed by atoms with E-state index in [0.29, 0.717) is 17.4 Å². The van der Waals surface area contributed by atoms with E-state index >= 15 is 0 Å². The molecule has 0 fully saturated rings. The lowest BCUT2D eigenvalue weighted by Crippen LogP contribution is -2.37. The smallest absolute Gasteiger partial charge is 0.472 e. The fourth-order valence-electron chi connectivity index (χ4n) is 5.16. The molecule has 0 amide bonds. The Morgan fingerprint density at radius 2 is 1.02 bits per heavy atom. The number of rotatable bonds is 35. The molecule has 0 spiro atoms. The van der Waals surface area contributed by atoms with Crippen molar-refractivity contribution in [1.29, 1.82) is 0 Å². The lowest BCUT2D eigenvalue weighted by atomic mass is 10.1.